The molecule has 0 bridgehead atoms. The molecule has 0 radical (unpaired) electrons. The van der Waals surface area contributed by atoms with Crippen LogP contribution >= 0.6 is 11.8 Å². The van der Waals surface area contributed by atoms with Crippen molar-refractivity contribution in [1.29, 1.82) is 0 Å². The first-order valence-corrected chi connectivity index (χ1v) is 6.14. The van der Waals surface area contributed by atoms with E-state index in [-0.39, 0.29) is 11.1 Å². The van der Waals surface area contributed by atoms with Gasteiger partial charge in [0, 0.05) is 17.4 Å². The zero-order valence-corrected chi connectivity index (χ0v) is 10.0. The molecule has 2 atom stereocenters. The van der Waals surface area contributed by atoms with Crippen molar-refractivity contribution < 1.29 is 19.7 Å². The summed E-state index contributed by atoms with van der Waals surface area (Å²) < 4.78 is 4.99. The van der Waals surface area contributed by atoms with Crippen LogP contribution in [0.5, 0.6) is 11.5 Å². The second kappa shape index (κ2) is 4.85. The van der Waals surface area contributed by atoms with Gasteiger partial charge in [0.25, 0.3) is 0 Å². The van der Waals surface area contributed by atoms with E-state index in [1.54, 1.807) is 12.1 Å². The minimum Gasteiger partial charge on any atom is -0.507 e. The molecule has 1 aromatic carbocycles. The quantitative estimate of drug-likeness (QED) is 0.753. The summed E-state index contributed by atoms with van der Waals surface area (Å²) in [6.07, 6.45) is 0. The molecular weight excluding hydrogens is 242 g/mol. The first-order chi connectivity index (χ1) is 8.11. The molecule has 0 spiro atoms. The van der Waals surface area contributed by atoms with Gasteiger partial charge in [-0.25, -0.2) is 0 Å². The van der Waals surface area contributed by atoms with Gasteiger partial charge in [0.1, 0.15) is 17.5 Å². The summed E-state index contributed by atoms with van der Waals surface area (Å²) in [6, 6.07) is 4.44. The molecule has 17 heavy (non-hydrogen) atoms. The standard InChI is InChI=1S/C11H13NO4S/c1-16-6-2-3-7(9(13)4-6)10-12-8(5-17-10)11(14)15/h2-4,8,10,12-13H,5H2,1H3,(H,14,15). The Balaban J connectivity index is 2.16. The fourth-order valence-electron chi connectivity index (χ4n) is 1.67. The zero-order valence-electron chi connectivity index (χ0n) is 9.21. The first-order valence-electron chi connectivity index (χ1n) is 5.09. The van der Waals surface area contributed by atoms with Crippen LogP contribution in [0.4, 0.5) is 0 Å². The van der Waals surface area contributed by atoms with Crippen molar-refractivity contribution in [3.8, 4) is 11.5 Å². The van der Waals surface area contributed by atoms with Crippen molar-refractivity contribution in [2.75, 3.05) is 12.9 Å². The molecule has 0 aromatic heterocycles. The van der Waals surface area contributed by atoms with Crippen LogP contribution in [0.1, 0.15) is 10.9 Å². The molecule has 0 saturated carbocycles. The van der Waals surface area contributed by atoms with Crippen LogP contribution in [0.15, 0.2) is 18.2 Å². The van der Waals surface area contributed by atoms with Crippen molar-refractivity contribution >= 4 is 17.7 Å². The highest BCUT2D eigenvalue weighted by Crippen LogP contribution is 2.38. The Bertz CT molecular complexity index is 437. The lowest BCUT2D eigenvalue weighted by atomic mass is 10.1. The van der Waals surface area contributed by atoms with Gasteiger partial charge < -0.3 is 14.9 Å². The normalized spacial score (nSPS) is 23.6. The molecule has 2 rings (SSSR count). The molecule has 1 aliphatic heterocycles. The monoisotopic (exact) mass is 255 g/mol. The van der Waals surface area contributed by atoms with Crippen molar-refractivity contribution in [3.05, 3.63) is 23.8 Å². The summed E-state index contributed by atoms with van der Waals surface area (Å²) in [4.78, 5) is 10.8. The summed E-state index contributed by atoms with van der Waals surface area (Å²) >= 11 is 1.47. The number of carbonyl (C=O) groups is 1. The summed E-state index contributed by atoms with van der Waals surface area (Å²) in [7, 11) is 1.53. The summed E-state index contributed by atoms with van der Waals surface area (Å²) in [6.45, 7) is 0. The maximum atomic E-state index is 10.8. The average molecular weight is 255 g/mol. The molecule has 6 heteroatoms. The largest absolute Gasteiger partial charge is 0.507 e. The van der Waals surface area contributed by atoms with Gasteiger partial charge in [0.05, 0.1) is 12.5 Å². The highest BCUT2D eigenvalue weighted by molar-refractivity contribution is 7.99. The van der Waals surface area contributed by atoms with Gasteiger partial charge in [-0.1, -0.05) is 0 Å². The molecule has 3 N–H and O–H groups in total. The lowest BCUT2D eigenvalue weighted by Gasteiger charge is -2.13. The summed E-state index contributed by atoms with van der Waals surface area (Å²) in [5.41, 5.74) is 0.680. The Labute approximate surface area is 103 Å². The lowest BCUT2D eigenvalue weighted by molar-refractivity contribution is -0.138. The van der Waals surface area contributed by atoms with Crippen LogP contribution in [0.2, 0.25) is 0 Å². The average Bonchev–Trinajstić information content (AvgIpc) is 2.78. The van der Waals surface area contributed by atoms with E-state index in [4.69, 9.17) is 9.84 Å². The smallest absolute Gasteiger partial charge is 0.321 e. The number of methoxy groups -OCH3 is 1. The Hall–Kier alpha value is -1.40. The van der Waals surface area contributed by atoms with E-state index < -0.39 is 12.0 Å². The number of hydrogen-bond donors (Lipinski definition) is 3. The van der Waals surface area contributed by atoms with E-state index in [1.165, 1.54) is 24.9 Å². The van der Waals surface area contributed by atoms with Crippen molar-refractivity contribution in [2.24, 2.45) is 0 Å². The second-order valence-corrected chi connectivity index (χ2v) is 4.83. The predicted molar refractivity (Wildman–Crippen MR) is 64.4 cm³/mol. The van der Waals surface area contributed by atoms with Gasteiger partial charge in [0.2, 0.25) is 0 Å². The minimum absolute atomic E-state index is 0.111. The zero-order chi connectivity index (χ0) is 12.4. The number of thioether (sulfide) groups is 1. The van der Waals surface area contributed by atoms with E-state index in [0.717, 1.165) is 0 Å². The Morgan fingerprint density at radius 1 is 1.59 bits per heavy atom. The van der Waals surface area contributed by atoms with Gasteiger partial charge in [-0.15, -0.1) is 11.8 Å². The number of aromatic hydroxyl groups is 1. The number of hydrogen-bond acceptors (Lipinski definition) is 5. The van der Waals surface area contributed by atoms with E-state index in [1.807, 2.05) is 0 Å². The SMILES string of the molecule is COc1ccc(C2NC(C(=O)O)CS2)c(O)c1. The second-order valence-electron chi connectivity index (χ2n) is 3.70. The molecule has 1 heterocycles. The third kappa shape index (κ3) is 2.48. The third-order valence-electron chi connectivity index (χ3n) is 2.60. The molecule has 2 unspecified atom stereocenters. The number of phenols is 1. The number of carboxylic acid groups (broad SMARTS) is 1. The molecule has 1 saturated heterocycles. The molecule has 1 aromatic rings. The Morgan fingerprint density at radius 2 is 2.35 bits per heavy atom. The van der Waals surface area contributed by atoms with Crippen LogP contribution in [0.25, 0.3) is 0 Å². The molecule has 5 nitrogen and oxygen atoms in total. The van der Waals surface area contributed by atoms with Crippen molar-refractivity contribution in [3.63, 3.8) is 0 Å². The van der Waals surface area contributed by atoms with Crippen LogP contribution in [0.3, 0.4) is 0 Å². The van der Waals surface area contributed by atoms with Gasteiger partial charge in [-0.3, -0.25) is 10.1 Å². The van der Waals surface area contributed by atoms with E-state index in [9.17, 15) is 9.90 Å². The first kappa shape index (κ1) is 12.1. The Morgan fingerprint density at radius 3 is 2.88 bits per heavy atom. The number of phenolic OH excluding ortho intramolecular Hbond substituents is 1. The van der Waals surface area contributed by atoms with E-state index in [2.05, 4.69) is 5.32 Å². The topological polar surface area (TPSA) is 78.8 Å². The van der Waals surface area contributed by atoms with Crippen molar-refractivity contribution in [2.45, 2.75) is 11.4 Å². The molecule has 1 fully saturated rings. The molecule has 0 amide bonds. The number of ether oxygens (including phenoxy) is 1. The molecular formula is C11H13NO4S. The Kier molecular flexibility index (Phi) is 3.44. The van der Waals surface area contributed by atoms with Gasteiger partial charge in [0.15, 0.2) is 0 Å². The van der Waals surface area contributed by atoms with Crippen LogP contribution < -0.4 is 10.1 Å². The number of benzene rings is 1. The fraction of sp³-hybridized carbons (Fsp3) is 0.364. The highest BCUT2D eigenvalue weighted by atomic mass is 32.2. The highest BCUT2D eigenvalue weighted by Gasteiger charge is 2.31. The number of aliphatic carboxylic acids is 1. The summed E-state index contributed by atoms with van der Waals surface area (Å²) in [5, 5.41) is 21.5. The molecule has 1 aliphatic rings. The van der Waals surface area contributed by atoms with Crippen LogP contribution in [-0.2, 0) is 4.79 Å². The van der Waals surface area contributed by atoms with Crippen molar-refractivity contribution in [1.82, 2.24) is 5.32 Å². The van der Waals surface area contributed by atoms with Gasteiger partial charge in [-0.05, 0) is 12.1 Å². The van der Waals surface area contributed by atoms with E-state index in [0.29, 0.717) is 17.1 Å². The number of nitrogens with one attached hydrogen (secondary N) is 1. The van der Waals surface area contributed by atoms with Gasteiger partial charge >= 0.3 is 5.97 Å². The maximum Gasteiger partial charge on any atom is 0.321 e. The maximum absolute atomic E-state index is 10.8. The van der Waals surface area contributed by atoms with Crippen LogP contribution in [-0.4, -0.2) is 35.1 Å². The third-order valence-corrected chi connectivity index (χ3v) is 3.85. The lowest BCUT2D eigenvalue weighted by Crippen LogP contribution is -2.33. The predicted octanol–water partition coefficient (Wildman–Crippen LogP) is 1.19. The van der Waals surface area contributed by atoms with Gasteiger partial charge in [-0.2, -0.15) is 0 Å². The number of rotatable bonds is 3. The van der Waals surface area contributed by atoms with Crippen LogP contribution in [0, 0.1) is 0 Å². The van der Waals surface area contributed by atoms with E-state index >= 15 is 0 Å². The molecule has 92 valence electrons. The minimum atomic E-state index is -0.868. The fourth-order valence-corrected chi connectivity index (χ4v) is 2.93. The summed E-state index contributed by atoms with van der Waals surface area (Å²) in [5.74, 6) is 0.309. The number of carboxylic acids is 1. The molecule has 0 aliphatic carbocycles.